The van der Waals surface area contributed by atoms with Gasteiger partial charge in [-0.3, -0.25) is 4.79 Å². The number of benzene rings is 1. The van der Waals surface area contributed by atoms with E-state index in [2.05, 4.69) is 10.00 Å². The molecule has 1 aliphatic carbocycles. The van der Waals surface area contributed by atoms with E-state index in [1.165, 1.54) is 0 Å². The van der Waals surface area contributed by atoms with Crippen molar-refractivity contribution in [3.63, 3.8) is 0 Å². The van der Waals surface area contributed by atoms with Gasteiger partial charge in [0.2, 0.25) is 5.95 Å². The lowest BCUT2D eigenvalue weighted by atomic mass is 9.94. The molecule has 0 radical (unpaired) electrons. The normalized spacial score (nSPS) is 15.4. The van der Waals surface area contributed by atoms with Gasteiger partial charge >= 0.3 is 0 Å². The molecule has 1 amide bonds. The first-order valence-electron chi connectivity index (χ1n) is 11.7. The van der Waals surface area contributed by atoms with E-state index in [4.69, 9.17) is 14.7 Å². The highest BCUT2D eigenvalue weighted by Gasteiger charge is 2.27. The summed E-state index contributed by atoms with van der Waals surface area (Å²) in [4.78, 5) is 27.1. The molecule has 0 atom stereocenters. The highest BCUT2D eigenvalue weighted by molar-refractivity contribution is 5.94. The maximum atomic E-state index is 13.5. The number of methoxy groups -OCH3 is 1. The Kier molecular flexibility index (Phi) is 5.98. The van der Waals surface area contributed by atoms with Crippen LogP contribution in [0.25, 0.3) is 5.69 Å². The fourth-order valence-corrected chi connectivity index (χ4v) is 4.68. The molecule has 8 heteroatoms. The number of carbonyl (C=O) groups is 1. The van der Waals surface area contributed by atoms with Gasteiger partial charge in [-0.25, -0.2) is 14.6 Å². The molecule has 2 aromatic heterocycles. The number of aryl methyl sites for hydroxylation is 1. The minimum atomic E-state index is -0.0508. The third-order valence-electron chi connectivity index (χ3n) is 6.48. The van der Waals surface area contributed by atoms with Crippen LogP contribution in [0.5, 0.6) is 5.75 Å². The first-order valence-corrected chi connectivity index (χ1v) is 11.7. The number of nitrogens with zero attached hydrogens (tertiary/aromatic N) is 6. The molecule has 33 heavy (non-hydrogen) atoms. The van der Waals surface area contributed by atoms with Gasteiger partial charge in [0.25, 0.3) is 5.91 Å². The number of hydrogen-bond acceptors (Lipinski definition) is 6. The second kappa shape index (κ2) is 9.21. The van der Waals surface area contributed by atoms with Crippen LogP contribution < -0.4 is 9.64 Å². The summed E-state index contributed by atoms with van der Waals surface area (Å²) in [6.07, 6.45) is 10.1. The molecule has 1 fully saturated rings. The van der Waals surface area contributed by atoms with Crippen LogP contribution in [0.4, 0.5) is 5.95 Å². The summed E-state index contributed by atoms with van der Waals surface area (Å²) in [7, 11) is 3.48. The van der Waals surface area contributed by atoms with Crippen LogP contribution in [0.1, 0.15) is 53.0 Å². The number of hydrogen-bond donors (Lipinski definition) is 0. The molecule has 172 valence electrons. The van der Waals surface area contributed by atoms with E-state index in [0.717, 1.165) is 85.8 Å². The van der Waals surface area contributed by atoms with Gasteiger partial charge in [0.05, 0.1) is 19.0 Å². The van der Waals surface area contributed by atoms with Crippen molar-refractivity contribution in [2.45, 2.75) is 45.1 Å². The lowest BCUT2D eigenvalue weighted by Gasteiger charge is -2.24. The summed E-state index contributed by atoms with van der Waals surface area (Å²) < 4.78 is 7.11. The smallest absolute Gasteiger partial charge is 0.272 e. The Labute approximate surface area is 194 Å². The van der Waals surface area contributed by atoms with Crippen LogP contribution in [0.2, 0.25) is 0 Å². The lowest BCUT2D eigenvalue weighted by Crippen LogP contribution is -2.31. The van der Waals surface area contributed by atoms with Crippen molar-refractivity contribution in [3.05, 3.63) is 59.2 Å². The molecule has 1 aliphatic heterocycles. The van der Waals surface area contributed by atoms with Crippen molar-refractivity contribution < 1.29 is 9.53 Å². The van der Waals surface area contributed by atoms with E-state index >= 15 is 0 Å². The summed E-state index contributed by atoms with van der Waals surface area (Å²) in [5.74, 6) is 1.44. The van der Waals surface area contributed by atoms with E-state index in [1.807, 2.05) is 37.5 Å². The summed E-state index contributed by atoms with van der Waals surface area (Å²) in [6.45, 7) is 2.39. The third-order valence-corrected chi connectivity index (χ3v) is 6.48. The number of amides is 1. The zero-order valence-electron chi connectivity index (χ0n) is 19.3. The van der Waals surface area contributed by atoms with Crippen LogP contribution in [-0.2, 0) is 19.4 Å². The van der Waals surface area contributed by atoms with Crippen LogP contribution >= 0.6 is 0 Å². The summed E-state index contributed by atoms with van der Waals surface area (Å²) in [5.41, 5.74) is 4.53. The number of rotatable bonds is 6. The predicted octanol–water partition coefficient (Wildman–Crippen LogP) is 3.42. The van der Waals surface area contributed by atoms with Gasteiger partial charge in [-0.15, -0.1) is 0 Å². The van der Waals surface area contributed by atoms with Crippen LogP contribution in [0.3, 0.4) is 0 Å². The van der Waals surface area contributed by atoms with E-state index < -0.39 is 0 Å². The van der Waals surface area contributed by atoms with E-state index in [-0.39, 0.29) is 5.91 Å². The SMILES string of the molecule is COc1cccc(-n2cc(CN(C)C(=O)c3nc(N4CCCC4)nc4c3CCCC4)cn2)c1. The van der Waals surface area contributed by atoms with Gasteiger partial charge in [-0.2, -0.15) is 5.10 Å². The van der Waals surface area contributed by atoms with E-state index in [1.54, 1.807) is 22.9 Å². The lowest BCUT2D eigenvalue weighted by molar-refractivity contribution is 0.0777. The first-order chi connectivity index (χ1) is 16.1. The predicted molar refractivity (Wildman–Crippen MR) is 126 cm³/mol. The fourth-order valence-electron chi connectivity index (χ4n) is 4.68. The average molecular weight is 447 g/mol. The van der Waals surface area contributed by atoms with Gasteiger partial charge in [0, 0.05) is 55.8 Å². The number of anilines is 1. The highest BCUT2D eigenvalue weighted by Crippen LogP contribution is 2.27. The Morgan fingerprint density at radius 1 is 1.12 bits per heavy atom. The van der Waals surface area contributed by atoms with Gasteiger partial charge in [0.1, 0.15) is 11.4 Å². The standard InChI is InChI=1S/C25H30N6O2/c1-29(16-18-15-26-31(17-18)19-8-7-9-20(14-19)33-2)24(32)23-21-10-3-4-11-22(21)27-25(28-23)30-12-5-6-13-30/h7-9,14-15,17H,3-6,10-13,16H2,1-2H3. The molecular formula is C25H30N6O2. The molecule has 3 heterocycles. The van der Waals surface area contributed by atoms with E-state index in [9.17, 15) is 4.79 Å². The zero-order valence-corrected chi connectivity index (χ0v) is 19.3. The van der Waals surface area contributed by atoms with Crippen molar-refractivity contribution in [1.82, 2.24) is 24.6 Å². The molecule has 0 saturated carbocycles. The van der Waals surface area contributed by atoms with Gasteiger partial charge in [0.15, 0.2) is 0 Å². The van der Waals surface area contributed by atoms with Crippen molar-refractivity contribution in [2.24, 2.45) is 0 Å². The second-order valence-electron chi connectivity index (χ2n) is 8.85. The number of ether oxygens (including phenoxy) is 1. The molecular weight excluding hydrogens is 416 g/mol. The Balaban J connectivity index is 1.37. The quantitative estimate of drug-likeness (QED) is 0.578. The molecule has 0 bridgehead atoms. The van der Waals surface area contributed by atoms with Crippen LogP contribution in [-0.4, -0.2) is 57.8 Å². The molecule has 8 nitrogen and oxygen atoms in total. The van der Waals surface area contributed by atoms with Crippen molar-refractivity contribution in [1.29, 1.82) is 0 Å². The van der Waals surface area contributed by atoms with Gasteiger partial charge in [-0.1, -0.05) is 6.07 Å². The van der Waals surface area contributed by atoms with Crippen molar-refractivity contribution in [3.8, 4) is 11.4 Å². The van der Waals surface area contributed by atoms with Crippen LogP contribution in [0, 0.1) is 0 Å². The molecule has 5 rings (SSSR count). The van der Waals surface area contributed by atoms with Crippen molar-refractivity contribution >= 4 is 11.9 Å². The largest absolute Gasteiger partial charge is 0.497 e. The zero-order chi connectivity index (χ0) is 22.8. The fraction of sp³-hybridized carbons (Fsp3) is 0.440. The maximum absolute atomic E-state index is 13.5. The number of aromatic nitrogens is 4. The topological polar surface area (TPSA) is 76.4 Å². The monoisotopic (exact) mass is 446 g/mol. The summed E-state index contributed by atoms with van der Waals surface area (Å²) in [5, 5.41) is 4.47. The van der Waals surface area contributed by atoms with Crippen LogP contribution in [0.15, 0.2) is 36.7 Å². The average Bonchev–Trinajstić information content (AvgIpc) is 3.55. The van der Waals surface area contributed by atoms with Gasteiger partial charge < -0.3 is 14.5 Å². The first kappa shape index (κ1) is 21.4. The highest BCUT2D eigenvalue weighted by atomic mass is 16.5. The minimum Gasteiger partial charge on any atom is -0.497 e. The van der Waals surface area contributed by atoms with E-state index in [0.29, 0.717) is 12.2 Å². The van der Waals surface area contributed by atoms with Gasteiger partial charge in [-0.05, 0) is 50.7 Å². The van der Waals surface area contributed by atoms with Crippen molar-refractivity contribution in [2.75, 3.05) is 32.1 Å². The minimum absolute atomic E-state index is 0.0508. The summed E-state index contributed by atoms with van der Waals surface area (Å²) >= 11 is 0. The number of fused-ring (bicyclic) bond motifs is 1. The second-order valence-corrected chi connectivity index (χ2v) is 8.85. The molecule has 1 saturated heterocycles. The molecule has 1 aromatic carbocycles. The Hall–Kier alpha value is -3.42. The maximum Gasteiger partial charge on any atom is 0.272 e. The number of carbonyl (C=O) groups excluding carboxylic acids is 1. The Bertz CT molecular complexity index is 1150. The Morgan fingerprint density at radius 3 is 2.76 bits per heavy atom. The molecule has 0 unspecified atom stereocenters. The molecule has 0 N–H and O–H groups in total. The molecule has 0 spiro atoms. The molecule has 2 aliphatic rings. The third kappa shape index (κ3) is 4.42. The summed E-state index contributed by atoms with van der Waals surface area (Å²) in [6, 6.07) is 7.74. The molecule has 3 aromatic rings. The Morgan fingerprint density at radius 2 is 1.94 bits per heavy atom.